The Hall–Kier alpha value is -1.53. The van der Waals surface area contributed by atoms with Crippen LogP contribution < -0.4 is 15.5 Å². The molecular formula is C18H28IN5O. The number of halogens is 1. The molecule has 2 atom stereocenters. The number of nitrogens with zero attached hydrogens (tertiary/aromatic N) is 3. The van der Waals surface area contributed by atoms with Gasteiger partial charge in [0.25, 0.3) is 0 Å². The summed E-state index contributed by atoms with van der Waals surface area (Å²) in [7, 11) is 0. The topological polar surface area (TPSA) is 61.8 Å². The van der Waals surface area contributed by atoms with Crippen LogP contribution in [0.2, 0.25) is 0 Å². The zero-order valence-electron chi connectivity index (χ0n) is 15.2. The second-order valence-electron chi connectivity index (χ2n) is 5.94. The van der Waals surface area contributed by atoms with Crippen molar-refractivity contribution in [2.45, 2.75) is 39.5 Å². The third-order valence-corrected chi connectivity index (χ3v) is 3.67. The maximum absolute atomic E-state index is 5.77. The molecule has 0 amide bonds. The van der Waals surface area contributed by atoms with Gasteiger partial charge in [-0.25, -0.2) is 9.98 Å². The second kappa shape index (κ2) is 11.2. The lowest BCUT2D eigenvalue weighted by atomic mass is 10.2. The number of guanidine groups is 1. The fourth-order valence-electron chi connectivity index (χ4n) is 2.71. The van der Waals surface area contributed by atoms with Crippen LogP contribution in [0.3, 0.4) is 0 Å². The van der Waals surface area contributed by atoms with Crippen LogP contribution >= 0.6 is 24.0 Å². The predicted molar refractivity (Wildman–Crippen MR) is 114 cm³/mol. The largest absolute Gasteiger partial charge is 0.372 e. The normalized spacial score (nSPS) is 20.4. The molecule has 0 aliphatic carbocycles. The van der Waals surface area contributed by atoms with Crippen molar-refractivity contribution in [1.29, 1.82) is 0 Å². The summed E-state index contributed by atoms with van der Waals surface area (Å²) in [5.74, 6) is 4.25. The number of rotatable bonds is 5. The minimum atomic E-state index is 0. The number of aromatic nitrogens is 1. The van der Waals surface area contributed by atoms with E-state index in [-0.39, 0.29) is 36.2 Å². The van der Waals surface area contributed by atoms with Crippen LogP contribution in [-0.4, -0.2) is 49.3 Å². The summed E-state index contributed by atoms with van der Waals surface area (Å²) >= 11 is 0. The number of ether oxygens (including phenoxy) is 1. The molecule has 1 aromatic heterocycles. The first-order valence-corrected chi connectivity index (χ1v) is 8.43. The maximum Gasteiger partial charge on any atom is 0.192 e. The molecule has 1 aliphatic rings. The van der Waals surface area contributed by atoms with Gasteiger partial charge in [-0.3, -0.25) is 0 Å². The van der Waals surface area contributed by atoms with Crippen molar-refractivity contribution in [2.24, 2.45) is 4.99 Å². The average molecular weight is 457 g/mol. The number of terminal acetylenes is 1. The first kappa shape index (κ1) is 21.5. The molecule has 2 heterocycles. The van der Waals surface area contributed by atoms with Crippen LogP contribution in [0.25, 0.3) is 0 Å². The number of anilines is 1. The maximum atomic E-state index is 5.77. The molecule has 0 saturated carbocycles. The highest BCUT2D eigenvalue weighted by molar-refractivity contribution is 14.0. The Morgan fingerprint density at radius 2 is 2.08 bits per heavy atom. The predicted octanol–water partition coefficient (Wildman–Crippen LogP) is 2.00. The van der Waals surface area contributed by atoms with E-state index in [4.69, 9.17) is 11.2 Å². The van der Waals surface area contributed by atoms with Crippen LogP contribution in [-0.2, 0) is 11.3 Å². The molecule has 1 fully saturated rings. The van der Waals surface area contributed by atoms with Gasteiger partial charge < -0.3 is 20.3 Å². The molecule has 0 radical (unpaired) electrons. The first-order valence-electron chi connectivity index (χ1n) is 8.43. The number of nitrogens with one attached hydrogen (secondary N) is 2. The van der Waals surface area contributed by atoms with Gasteiger partial charge in [-0.1, -0.05) is 12.0 Å². The van der Waals surface area contributed by atoms with Crippen molar-refractivity contribution in [3.63, 3.8) is 0 Å². The number of morpholine rings is 1. The SMILES string of the molecule is C#CCNC(=NCc1ccc(N2CC(C)OC(C)C2)nc1)NCC.I. The van der Waals surface area contributed by atoms with Gasteiger partial charge in [0.05, 0.1) is 25.3 Å². The lowest BCUT2D eigenvalue weighted by Crippen LogP contribution is -2.45. The van der Waals surface area contributed by atoms with E-state index in [2.05, 4.69) is 57.4 Å². The van der Waals surface area contributed by atoms with E-state index in [1.807, 2.05) is 13.1 Å². The Bertz CT molecular complexity index is 574. The van der Waals surface area contributed by atoms with Crippen LogP contribution in [0, 0.1) is 12.3 Å². The summed E-state index contributed by atoms with van der Waals surface area (Å²) in [6, 6.07) is 4.12. The van der Waals surface area contributed by atoms with Crippen molar-refractivity contribution < 1.29 is 4.74 Å². The molecule has 6 nitrogen and oxygen atoms in total. The van der Waals surface area contributed by atoms with Crippen molar-refractivity contribution >= 4 is 35.8 Å². The molecule has 7 heteroatoms. The summed E-state index contributed by atoms with van der Waals surface area (Å²) < 4.78 is 5.77. The Morgan fingerprint density at radius 1 is 1.36 bits per heavy atom. The average Bonchev–Trinajstić information content (AvgIpc) is 2.57. The molecule has 25 heavy (non-hydrogen) atoms. The number of hydrogen-bond acceptors (Lipinski definition) is 4. The summed E-state index contributed by atoms with van der Waals surface area (Å²) in [6.07, 6.45) is 7.60. The zero-order valence-corrected chi connectivity index (χ0v) is 17.5. The quantitative estimate of drug-likeness (QED) is 0.307. The fraction of sp³-hybridized carbons (Fsp3) is 0.556. The monoisotopic (exact) mass is 457 g/mol. The Balaban J connectivity index is 0.00000312. The van der Waals surface area contributed by atoms with Crippen LogP contribution in [0.15, 0.2) is 23.3 Å². The van der Waals surface area contributed by atoms with Gasteiger partial charge >= 0.3 is 0 Å². The first-order chi connectivity index (χ1) is 11.6. The minimum Gasteiger partial charge on any atom is -0.372 e. The molecule has 0 spiro atoms. The van der Waals surface area contributed by atoms with Gasteiger partial charge in [0.2, 0.25) is 0 Å². The van der Waals surface area contributed by atoms with E-state index in [9.17, 15) is 0 Å². The second-order valence-corrected chi connectivity index (χ2v) is 5.94. The smallest absolute Gasteiger partial charge is 0.192 e. The molecule has 2 unspecified atom stereocenters. The van der Waals surface area contributed by atoms with Crippen molar-refractivity contribution in [3.05, 3.63) is 23.9 Å². The molecule has 2 rings (SSSR count). The van der Waals surface area contributed by atoms with Crippen molar-refractivity contribution in [3.8, 4) is 12.3 Å². The van der Waals surface area contributed by atoms with Crippen LogP contribution in [0.4, 0.5) is 5.82 Å². The van der Waals surface area contributed by atoms with E-state index in [1.54, 1.807) is 0 Å². The lowest BCUT2D eigenvalue weighted by Gasteiger charge is -2.36. The highest BCUT2D eigenvalue weighted by atomic mass is 127. The summed E-state index contributed by atoms with van der Waals surface area (Å²) in [4.78, 5) is 11.4. The van der Waals surface area contributed by atoms with Gasteiger partial charge in [-0.15, -0.1) is 30.4 Å². The third-order valence-electron chi connectivity index (χ3n) is 3.67. The third kappa shape index (κ3) is 7.08. The van der Waals surface area contributed by atoms with Gasteiger partial charge in [0.1, 0.15) is 5.82 Å². The van der Waals surface area contributed by atoms with E-state index in [0.29, 0.717) is 13.1 Å². The lowest BCUT2D eigenvalue weighted by molar-refractivity contribution is -0.00545. The van der Waals surface area contributed by atoms with Gasteiger partial charge in [-0.05, 0) is 32.4 Å². The Kier molecular flexibility index (Phi) is 9.60. The number of pyridine rings is 1. The summed E-state index contributed by atoms with van der Waals surface area (Å²) in [6.45, 7) is 9.76. The van der Waals surface area contributed by atoms with Crippen molar-refractivity contribution in [2.75, 3.05) is 31.1 Å². The van der Waals surface area contributed by atoms with Crippen LogP contribution in [0.5, 0.6) is 0 Å². The molecule has 2 N–H and O–H groups in total. The Labute approximate surface area is 167 Å². The van der Waals surface area contributed by atoms with Crippen molar-refractivity contribution in [1.82, 2.24) is 15.6 Å². The highest BCUT2D eigenvalue weighted by Gasteiger charge is 2.22. The number of hydrogen-bond donors (Lipinski definition) is 2. The Morgan fingerprint density at radius 3 is 2.64 bits per heavy atom. The van der Waals surface area contributed by atoms with Crippen LogP contribution in [0.1, 0.15) is 26.3 Å². The molecule has 1 aromatic rings. The van der Waals surface area contributed by atoms with Gasteiger partial charge in [0.15, 0.2) is 5.96 Å². The molecule has 1 saturated heterocycles. The van der Waals surface area contributed by atoms with E-state index >= 15 is 0 Å². The molecule has 0 aromatic carbocycles. The molecule has 138 valence electrons. The van der Waals surface area contributed by atoms with E-state index < -0.39 is 0 Å². The zero-order chi connectivity index (χ0) is 17.4. The molecule has 0 bridgehead atoms. The van der Waals surface area contributed by atoms with E-state index in [1.165, 1.54) is 0 Å². The van der Waals surface area contributed by atoms with E-state index in [0.717, 1.165) is 37.0 Å². The number of aliphatic imine (C=N–C) groups is 1. The summed E-state index contributed by atoms with van der Waals surface area (Å²) in [5, 5.41) is 6.23. The summed E-state index contributed by atoms with van der Waals surface area (Å²) in [5.41, 5.74) is 1.06. The van der Waals surface area contributed by atoms with Gasteiger partial charge in [-0.2, -0.15) is 0 Å². The minimum absolute atomic E-state index is 0. The standard InChI is InChI=1S/C18H27N5O.HI/c1-5-9-20-18(19-6-2)22-11-16-7-8-17(21-10-16)23-12-14(3)24-15(4)13-23;/h1,7-8,10,14-15H,6,9,11-13H2,2-4H3,(H2,19,20,22);1H. The molecule has 1 aliphatic heterocycles. The van der Waals surface area contributed by atoms with Gasteiger partial charge in [0, 0.05) is 25.8 Å². The molecular weight excluding hydrogens is 429 g/mol. The highest BCUT2D eigenvalue weighted by Crippen LogP contribution is 2.18. The fourth-order valence-corrected chi connectivity index (χ4v) is 2.71.